The molecular weight excluding hydrogens is 310 g/mol. The Morgan fingerprint density at radius 3 is 2.83 bits per heavy atom. The van der Waals surface area contributed by atoms with Crippen LogP contribution < -0.4 is 4.90 Å². The summed E-state index contributed by atoms with van der Waals surface area (Å²) in [5.41, 5.74) is 1.36. The number of hydrogen-bond donors (Lipinski definition) is 0. The van der Waals surface area contributed by atoms with Gasteiger partial charge in [0.15, 0.2) is 5.82 Å². The molecule has 4 rings (SSSR count). The monoisotopic (exact) mass is 323 g/mol. The minimum Gasteiger partial charge on any atom is -0.378 e. The highest BCUT2D eigenvalue weighted by molar-refractivity contribution is 7.17. The van der Waals surface area contributed by atoms with Gasteiger partial charge >= 0.3 is 0 Å². The molecule has 23 heavy (non-hydrogen) atoms. The van der Waals surface area contributed by atoms with E-state index in [0.717, 1.165) is 34.8 Å². The van der Waals surface area contributed by atoms with Crippen molar-refractivity contribution >= 4 is 27.4 Å². The van der Waals surface area contributed by atoms with Crippen LogP contribution in [0.4, 0.5) is 5.82 Å². The molecule has 1 saturated heterocycles. The minimum atomic E-state index is 0.589. The molecule has 0 unspecified atom stereocenters. The molecule has 6 nitrogen and oxygen atoms in total. The first-order valence-electron chi connectivity index (χ1n) is 7.30. The van der Waals surface area contributed by atoms with Crippen LogP contribution in [-0.2, 0) is 4.74 Å². The van der Waals surface area contributed by atoms with E-state index >= 15 is 0 Å². The van der Waals surface area contributed by atoms with Gasteiger partial charge in [-0.2, -0.15) is 5.26 Å². The summed E-state index contributed by atoms with van der Waals surface area (Å²) in [4.78, 5) is 16.7. The predicted molar refractivity (Wildman–Crippen MR) is 88.4 cm³/mol. The van der Waals surface area contributed by atoms with Gasteiger partial charge in [0.05, 0.1) is 24.2 Å². The number of fused-ring (bicyclic) bond motifs is 1. The molecule has 0 aliphatic carbocycles. The lowest BCUT2D eigenvalue weighted by Crippen LogP contribution is -2.37. The quantitative estimate of drug-likeness (QED) is 0.721. The molecule has 1 aliphatic rings. The van der Waals surface area contributed by atoms with Crippen molar-refractivity contribution < 1.29 is 4.74 Å². The molecule has 1 aliphatic heterocycles. The van der Waals surface area contributed by atoms with Gasteiger partial charge in [0, 0.05) is 24.7 Å². The summed E-state index contributed by atoms with van der Waals surface area (Å²) in [6, 6.07) is 7.92. The maximum absolute atomic E-state index is 9.38. The summed E-state index contributed by atoms with van der Waals surface area (Å²) in [6.45, 7) is 2.84. The normalized spacial score (nSPS) is 14.8. The number of anilines is 1. The molecule has 0 bridgehead atoms. The predicted octanol–water partition coefficient (Wildman–Crippen LogP) is 2.46. The van der Waals surface area contributed by atoms with Crippen molar-refractivity contribution in [1.82, 2.24) is 15.0 Å². The van der Waals surface area contributed by atoms with Gasteiger partial charge in [0.25, 0.3) is 0 Å². The molecule has 1 fully saturated rings. The van der Waals surface area contributed by atoms with Crippen LogP contribution in [0, 0.1) is 11.3 Å². The highest BCUT2D eigenvalue weighted by atomic mass is 32.1. The van der Waals surface area contributed by atoms with E-state index in [1.54, 1.807) is 6.20 Å². The fraction of sp³-hybridized carbons (Fsp3) is 0.250. The first kappa shape index (κ1) is 14.1. The van der Waals surface area contributed by atoms with Crippen molar-refractivity contribution in [1.29, 1.82) is 5.26 Å². The standard InChI is InChI=1S/C16H13N5OS/c17-9-11-10-23-16-13(11)15(21-5-7-22-8-6-21)19-14(20-16)12-3-1-2-4-18-12/h1-4,10H,5-8H2. The van der Waals surface area contributed by atoms with Gasteiger partial charge in [-0.3, -0.25) is 4.98 Å². The van der Waals surface area contributed by atoms with Crippen molar-refractivity contribution in [2.75, 3.05) is 31.2 Å². The fourth-order valence-electron chi connectivity index (χ4n) is 2.62. The Morgan fingerprint density at radius 1 is 1.22 bits per heavy atom. The largest absolute Gasteiger partial charge is 0.378 e. The third kappa shape index (κ3) is 2.52. The van der Waals surface area contributed by atoms with Crippen LogP contribution in [0.25, 0.3) is 21.7 Å². The third-order valence-electron chi connectivity index (χ3n) is 3.74. The van der Waals surface area contributed by atoms with Crippen LogP contribution in [0.5, 0.6) is 0 Å². The molecule has 0 saturated carbocycles. The molecule has 0 atom stereocenters. The number of rotatable bonds is 2. The molecule has 4 heterocycles. The van der Waals surface area contributed by atoms with Gasteiger partial charge in [-0.15, -0.1) is 11.3 Å². The number of pyridine rings is 1. The van der Waals surface area contributed by atoms with E-state index in [9.17, 15) is 5.26 Å². The second kappa shape index (κ2) is 5.91. The van der Waals surface area contributed by atoms with Gasteiger partial charge in [-0.05, 0) is 12.1 Å². The van der Waals surface area contributed by atoms with Gasteiger partial charge in [-0.1, -0.05) is 6.07 Å². The minimum absolute atomic E-state index is 0.589. The molecule has 0 spiro atoms. The van der Waals surface area contributed by atoms with Crippen molar-refractivity contribution in [2.24, 2.45) is 0 Å². The maximum Gasteiger partial charge on any atom is 0.181 e. The van der Waals surface area contributed by atoms with Crippen LogP contribution in [0.1, 0.15) is 5.56 Å². The maximum atomic E-state index is 9.38. The van der Waals surface area contributed by atoms with Gasteiger partial charge < -0.3 is 9.64 Å². The van der Waals surface area contributed by atoms with Crippen molar-refractivity contribution in [3.8, 4) is 17.6 Å². The molecule has 0 N–H and O–H groups in total. The second-order valence-electron chi connectivity index (χ2n) is 5.13. The van der Waals surface area contributed by atoms with E-state index in [0.29, 0.717) is 24.6 Å². The number of morpholine rings is 1. The Kier molecular flexibility index (Phi) is 3.61. The Morgan fingerprint density at radius 2 is 2.09 bits per heavy atom. The molecule has 114 valence electrons. The zero-order valence-electron chi connectivity index (χ0n) is 12.3. The lowest BCUT2D eigenvalue weighted by Gasteiger charge is -2.28. The molecular formula is C16H13N5OS. The summed E-state index contributed by atoms with van der Waals surface area (Å²) in [7, 11) is 0. The molecule has 3 aromatic rings. The average molecular weight is 323 g/mol. The zero-order valence-corrected chi connectivity index (χ0v) is 13.1. The first-order valence-corrected chi connectivity index (χ1v) is 8.18. The number of nitrogens with zero attached hydrogens (tertiary/aromatic N) is 5. The number of thiophene rings is 1. The van der Waals surface area contributed by atoms with Crippen LogP contribution in [0.2, 0.25) is 0 Å². The molecule has 0 amide bonds. The van der Waals surface area contributed by atoms with Crippen LogP contribution in [0.3, 0.4) is 0 Å². The van der Waals surface area contributed by atoms with E-state index < -0.39 is 0 Å². The van der Waals surface area contributed by atoms with Gasteiger partial charge in [0.2, 0.25) is 0 Å². The average Bonchev–Trinajstić information content (AvgIpc) is 3.05. The Balaban J connectivity index is 1.93. The number of ether oxygens (including phenoxy) is 1. The van der Waals surface area contributed by atoms with Crippen molar-refractivity contribution in [2.45, 2.75) is 0 Å². The molecule has 0 radical (unpaired) electrons. The summed E-state index contributed by atoms with van der Waals surface area (Å²) < 4.78 is 5.43. The molecule has 0 aromatic carbocycles. The highest BCUT2D eigenvalue weighted by Gasteiger charge is 2.21. The molecule has 3 aromatic heterocycles. The van der Waals surface area contributed by atoms with E-state index in [1.165, 1.54) is 11.3 Å². The van der Waals surface area contributed by atoms with Crippen molar-refractivity contribution in [3.63, 3.8) is 0 Å². The highest BCUT2D eigenvalue weighted by Crippen LogP contribution is 2.33. The van der Waals surface area contributed by atoms with Crippen molar-refractivity contribution in [3.05, 3.63) is 35.3 Å². The first-order chi connectivity index (χ1) is 11.4. The van der Waals surface area contributed by atoms with E-state index in [1.807, 2.05) is 23.6 Å². The Bertz CT molecular complexity index is 881. The van der Waals surface area contributed by atoms with Crippen LogP contribution in [0.15, 0.2) is 29.8 Å². The lowest BCUT2D eigenvalue weighted by atomic mass is 10.2. The Hall–Kier alpha value is -2.56. The van der Waals surface area contributed by atoms with E-state index in [4.69, 9.17) is 9.72 Å². The van der Waals surface area contributed by atoms with Crippen LogP contribution >= 0.6 is 11.3 Å². The summed E-state index contributed by atoms with van der Waals surface area (Å²) in [5.74, 6) is 1.39. The summed E-state index contributed by atoms with van der Waals surface area (Å²) in [6.07, 6.45) is 1.73. The Labute approximate surface area is 137 Å². The number of nitriles is 1. The van der Waals surface area contributed by atoms with E-state index in [2.05, 4.69) is 20.9 Å². The lowest BCUT2D eigenvalue weighted by molar-refractivity contribution is 0.122. The second-order valence-corrected chi connectivity index (χ2v) is 5.98. The van der Waals surface area contributed by atoms with Crippen LogP contribution in [-0.4, -0.2) is 41.3 Å². The number of aromatic nitrogens is 3. The SMILES string of the molecule is N#Cc1csc2nc(-c3ccccn3)nc(N3CCOCC3)c12. The summed E-state index contributed by atoms with van der Waals surface area (Å²) in [5, 5.41) is 12.1. The van der Waals surface area contributed by atoms with Gasteiger partial charge in [-0.25, -0.2) is 9.97 Å². The smallest absolute Gasteiger partial charge is 0.181 e. The topological polar surface area (TPSA) is 74.9 Å². The fourth-order valence-corrected chi connectivity index (χ4v) is 3.48. The number of hydrogen-bond acceptors (Lipinski definition) is 7. The van der Waals surface area contributed by atoms with E-state index in [-0.39, 0.29) is 0 Å². The van der Waals surface area contributed by atoms with Gasteiger partial charge in [0.1, 0.15) is 22.4 Å². The third-order valence-corrected chi connectivity index (χ3v) is 4.61. The zero-order chi connectivity index (χ0) is 15.6. The summed E-state index contributed by atoms with van der Waals surface area (Å²) >= 11 is 1.47. The molecule has 7 heteroatoms.